The number of rotatable bonds is 6. The Bertz CT molecular complexity index is 680. The van der Waals surface area contributed by atoms with Gasteiger partial charge in [0.05, 0.1) is 17.9 Å². The minimum Gasteiger partial charge on any atom is -0.481 e. The van der Waals surface area contributed by atoms with Crippen LogP contribution >= 0.6 is 11.3 Å². The van der Waals surface area contributed by atoms with E-state index in [4.69, 9.17) is 5.11 Å². The van der Waals surface area contributed by atoms with Crippen LogP contribution in [0.15, 0.2) is 41.1 Å². The quantitative estimate of drug-likeness (QED) is 0.849. The number of amides is 1. The fourth-order valence-corrected chi connectivity index (χ4v) is 2.95. The molecule has 0 bridgehead atoms. The van der Waals surface area contributed by atoms with Gasteiger partial charge < -0.3 is 10.4 Å². The first-order valence-electron chi connectivity index (χ1n) is 7.11. The van der Waals surface area contributed by atoms with Crippen molar-refractivity contribution in [2.45, 2.75) is 31.7 Å². The molecule has 122 valence electrons. The summed E-state index contributed by atoms with van der Waals surface area (Å²) in [5.41, 5.74) is 0.525. The molecular formula is C17H18FNO3S. The number of benzene rings is 1. The standard InChI is InChI=1S/C17H18FNO3S/c1-17(2,12-3-5-13(18)6-4-12)16(22)19-14(9-15(20)21)11-7-8-23-10-11/h3-8,10,14H,9H2,1-2H3,(H,19,22)(H,20,21). The highest BCUT2D eigenvalue weighted by Gasteiger charge is 2.32. The largest absolute Gasteiger partial charge is 0.481 e. The van der Waals surface area contributed by atoms with Crippen molar-refractivity contribution in [2.24, 2.45) is 0 Å². The summed E-state index contributed by atoms with van der Waals surface area (Å²) >= 11 is 1.44. The highest BCUT2D eigenvalue weighted by molar-refractivity contribution is 7.08. The fraction of sp³-hybridized carbons (Fsp3) is 0.294. The molecule has 0 saturated heterocycles. The van der Waals surface area contributed by atoms with Crippen molar-refractivity contribution in [3.05, 3.63) is 58.0 Å². The third kappa shape index (κ3) is 4.16. The molecule has 23 heavy (non-hydrogen) atoms. The SMILES string of the molecule is CC(C)(C(=O)NC(CC(=O)O)c1ccsc1)c1ccc(F)cc1. The van der Waals surface area contributed by atoms with Gasteiger partial charge >= 0.3 is 5.97 Å². The fourth-order valence-electron chi connectivity index (χ4n) is 2.24. The zero-order valence-electron chi connectivity index (χ0n) is 12.9. The zero-order valence-corrected chi connectivity index (χ0v) is 13.7. The maximum Gasteiger partial charge on any atom is 0.305 e. The first kappa shape index (κ1) is 17.1. The van der Waals surface area contributed by atoms with E-state index in [2.05, 4.69) is 5.32 Å². The number of carbonyl (C=O) groups is 2. The molecule has 1 aromatic carbocycles. The second kappa shape index (κ2) is 6.91. The number of nitrogens with one attached hydrogen (secondary N) is 1. The minimum absolute atomic E-state index is 0.192. The van der Waals surface area contributed by atoms with Crippen LogP contribution in [0.5, 0.6) is 0 Å². The highest BCUT2D eigenvalue weighted by Crippen LogP contribution is 2.26. The summed E-state index contributed by atoms with van der Waals surface area (Å²) in [5, 5.41) is 15.5. The Kier molecular flexibility index (Phi) is 5.15. The lowest BCUT2D eigenvalue weighted by molar-refractivity contribution is -0.138. The predicted molar refractivity (Wildman–Crippen MR) is 86.9 cm³/mol. The van der Waals surface area contributed by atoms with Crippen LogP contribution in [0.25, 0.3) is 0 Å². The summed E-state index contributed by atoms with van der Waals surface area (Å²) in [4.78, 5) is 23.7. The molecule has 0 aliphatic rings. The number of hydrogen-bond donors (Lipinski definition) is 2. The van der Waals surface area contributed by atoms with Gasteiger partial charge in [0, 0.05) is 0 Å². The van der Waals surface area contributed by atoms with E-state index in [1.54, 1.807) is 32.0 Å². The summed E-state index contributed by atoms with van der Waals surface area (Å²) in [5.74, 6) is -1.66. The number of carbonyl (C=O) groups excluding carboxylic acids is 1. The minimum atomic E-state index is -0.985. The molecule has 0 aliphatic carbocycles. The number of carboxylic acids is 1. The molecule has 4 nitrogen and oxygen atoms in total. The molecule has 1 atom stereocenters. The lowest BCUT2D eigenvalue weighted by atomic mass is 9.83. The Morgan fingerprint density at radius 3 is 2.43 bits per heavy atom. The molecule has 1 heterocycles. The Morgan fingerprint density at radius 1 is 1.26 bits per heavy atom. The van der Waals surface area contributed by atoms with Gasteiger partial charge in [-0.2, -0.15) is 11.3 Å². The maximum absolute atomic E-state index is 13.1. The van der Waals surface area contributed by atoms with Crippen molar-refractivity contribution in [1.29, 1.82) is 0 Å². The molecule has 1 aromatic heterocycles. The van der Waals surface area contributed by atoms with Crippen LogP contribution in [0.4, 0.5) is 4.39 Å². The highest BCUT2D eigenvalue weighted by atomic mass is 32.1. The molecule has 2 rings (SSSR count). The average Bonchev–Trinajstić information content (AvgIpc) is 3.00. The smallest absolute Gasteiger partial charge is 0.305 e. The maximum atomic E-state index is 13.1. The van der Waals surface area contributed by atoms with Crippen LogP contribution in [-0.2, 0) is 15.0 Å². The Hall–Kier alpha value is -2.21. The third-order valence-corrected chi connectivity index (χ3v) is 4.46. The van der Waals surface area contributed by atoms with Crippen LogP contribution in [0.2, 0.25) is 0 Å². The van der Waals surface area contributed by atoms with Gasteiger partial charge in [0.1, 0.15) is 5.82 Å². The van der Waals surface area contributed by atoms with Crippen molar-refractivity contribution in [2.75, 3.05) is 0 Å². The average molecular weight is 335 g/mol. The topological polar surface area (TPSA) is 66.4 Å². The Labute approximate surface area is 138 Å². The molecule has 0 radical (unpaired) electrons. The Balaban J connectivity index is 2.20. The van der Waals surface area contributed by atoms with E-state index in [0.29, 0.717) is 5.56 Å². The first-order chi connectivity index (χ1) is 10.8. The van der Waals surface area contributed by atoms with Gasteiger partial charge in [-0.3, -0.25) is 9.59 Å². The van der Waals surface area contributed by atoms with E-state index in [1.165, 1.54) is 23.5 Å². The lowest BCUT2D eigenvalue weighted by Crippen LogP contribution is -2.42. The van der Waals surface area contributed by atoms with E-state index in [0.717, 1.165) is 5.56 Å². The molecule has 0 fully saturated rings. The number of thiophene rings is 1. The Morgan fingerprint density at radius 2 is 1.91 bits per heavy atom. The van der Waals surface area contributed by atoms with Gasteiger partial charge in [0.15, 0.2) is 0 Å². The number of hydrogen-bond acceptors (Lipinski definition) is 3. The molecule has 2 aromatic rings. The molecule has 1 amide bonds. The lowest BCUT2D eigenvalue weighted by Gasteiger charge is -2.27. The first-order valence-corrected chi connectivity index (χ1v) is 8.06. The summed E-state index contributed by atoms with van der Waals surface area (Å²) in [6, 6.07) is 6.93. The molecule has 0 saturated carbocycles. The van der Waals surface area contributed by atoms with Gasteiger partial charge in [0.2, 0.25) is 5.91 Å². The predicted octanol–water partition coefficient (Wildman–Crippen LogP) is 3.50. The summed E-state index contributed by atoms with van der Waals surface area (Å²) in [6.45, 7) is 3.45. The van der Waals surface area contributed by atoms with Gasteiger partial charge in [-0.1, -0.05) is 12.1 Å². The normalized spacial score (nSPS) is 12.7. The summed E-state index contributed by atoms with van der Waals surface area (Å²) in [6.07, 6.45) is -0.192. The van der Waals surface area contributed by atoms with E-state index in [-0.39, 0.29) is 18.1 Å². The molecule has 6 heteroatoms. The molecule has 0 spiro atoms. The van der Waals surface area contributed by atoms with E-state index in [1.807, 2.05) is 10.8 Å². The molecule has 0 aliphatic heterocycles. The number of halogens is 1. The van der Waals surface area contributed by atoms with Gasteiger partial charge in [0.25, 0.3) is 0 Å². The number of carboxylic acid groups (broad SMARTS) is 1. The van der Waals surface area contributed by atoms with Gasteiger partial charge in [-0.15, -0.1) is 0 Å². The summed E-state index contributed by atoms with van der Waals surface area (Å²) in [7, 11) is 0. The second-order valence-corrected chi connectivity index (χ2v) is 6.59. The van der Waals surface area contributed by atoms with E-state index in [9.17, 15) is 14.0 Å². The molecule has 1 unspecified atom stereocenters. The second-order valence-electron chi connectivity index (χ2n) is 5.81. The van der Waals surface area contributed by atoms with Crippen LogP contribution in [0.1, 0.15) is 37.4 Å². The van der Waals surface area contributed by atoms with Crippen LogP contribution < -0.4 is 5.32 Å². The van der Waals surface area contributed by atoms with Crippen molar-refractivity contribution >= 4 is 23.2 Å². The molecular weight excluding hydrogens is 317 g/mol. The van der Waals surface area contributed by atoms with Crippen molar-refractivity contribution in [3.63, 3.8) is 0 Å². The monoisotopic (exact) mass is 335 g/mol. The van der Waals surface area contributed by atoms with Crippen molar-refractivity contribution in [3.8, 4) is 0 Å². The van der Waals surface area contributed by atoms with Crippen LogP contribution in [-0.4, -0.2) is 17.0 Å². The van der Waals surface area contributed by atoms with E-state index < -0.39 is 17.4 Å². The van der Waals surface area contributed by atoms with Gasteiger partial charge in [-0.05, 0) is 53.9 Å². The van der Waals surface area contributed by atoms with Crippen LogP contribution in [0.3, 0.4) is 0 Å². The van der Waals surface area contributed by atoms with Crippen molar-refractivity contribution in [1.82, 2.24) is 5.32 Å². The van der Waals surface area contributed by atoms with Crippen LogP contribution in [0, 0.1) is 5.82 Å². The van der Waals surface area contributed by atoms with Crippen molar-refractivity contribution < 1.29 is 19.1 Å². The summed E-state index contributed by atoms with van der Waals surface area (Å²) < 4.78 is 13.1. The molecule has 2 N–H and O–H groups in total. The zero-order chi connectivity index (χ0) is 17.0. The van der Waals surface area contributed by atoms with Gasteiger partial charge in [-0.25, -0.2) is 4.39 Å². The van der Waals surface area contributed by atoms with E-state index >= 15 is 0 Å². The third-order valence-electron chi connectivity index (χ3n) is 3.76. The number of aliphatic carboxylic acids is 1.